The van der Waals surface area contributed by atoms with Crippen LogP contribution in [0.3, 0.4) is 0 Å². The van der Waals surface area contributed by atoms with Gasteiger partial charge in [-0.3, -0.25) is 4.79 Å². The third kappa shape index (κ3) is 2.45. The number of rotatable bonds is 1. The van der Waals surface area contributed by atoms with Gasteiger partial charge >= 0.3 is 0 Å². The number of likely N-dealkylation sites (tertiary alicyclic amines) is 2. The zero-order valence-electron chi connectivity index (χ0n) is 8.94. The summed E-state index contributed by atoms with van der Waals surface area (Å²) in [6.45, 7) is 3.02. The summed E-state index contributed by atoms with van der Waals surface area (Å²) in [4.78, 5) is 15.7. The molecular formula is C10H16N2OS2. The number of carbonyl (C=O) groups excluding carboxylic acids is 1. The molecule has 0 aromatic carbocycles. The molecule has 0 aromatic rings. The van der Waals surface area contributed by atoms with Crippen molar-refractivity contribution in [3.05, 3.63) is 0 Å². The van der Waals surface area contributed by atoms with Crippen LogP contribution < -0.4 is 0 Å². The number of nitrogens with zero attached hydrogens (tertiary/aromatic N) is 2. The maximum atomic E-state index is 11.7. The van der Waals surface area contributed by atoms with Gasteiger partial charge in [-0.15, -0.1) is 0 Å². The van der Waals surface area contributed by atoms with Crippen LogP contribution in [0.4, 0.5) is 0 Å². The maximum Gasteiger partial charge on any atom is 0.235 e. The minimum atomic E-state index is 0.0723. The van der Waals surface area contributed by atoms with Crippen LogP contribution in [-0.4, -0.2) is 52.0 Å². The first-order valence-electron chi connectivity index (χ1n) is 5.39. The van der Waals surface area contributed by atoms with Crippen LogP contribution in [0.2, 0.25) is 0 Å². The Hall–Kier alpha value is -0.290. The van der Waals surface area contributed by atoms with E-state index in [9.17, 15) is 4.79 Å². The fraction of sp³-hybridized carbons (Fsp3) is 0.800. The molecule has 0 radical (unpaired) electrons. The molecule has 84 valence electrons. The second kappa shape index (κ2) is 4.70. The maximum absolute atomic E-state index is 11.7. The van der Waals surface area contributed by atoms with Crippen LogP contribution >= 0.6 is 24.0 Å². The molecule has 3 nitrogen and oxygen atoms in total. The Morgan fingerprint density at radius 2 is 2.07 bits per heavy atom. The van der Waals surface area contributed by atoms with E-state index in [-0.39, 0.29) is 11.2 Å². The number of thiocarbonyl (C=S) groups is 1. The lowest BCUT2D eigenvalue weighted by Gasteiger charge is -2.19. The molecule has 1 atom stereocenters. The van der Waals surface area contributed by atoms with E-state index in [4.69, 9.17) is 12.2 Å². The normalized spacial score (nSPS) is 26.5. The molecule has 2 fully saturated rings. The van der Waals surface area contributed by atoms with E-state index in [2.05, 4.69) is 4.90 Å². The molecule has 0 aromatic heterocycles. The predicted octanol–water partition coefficient (Wildman–Crippen LogP) is 1.33. The van der Waals surface area contributed by atoms with E-state index in [0.717, 1.165) is 30.4 Å². The first kappa shape index (κ1) is 11.2. The van der Waals surface area contributed by atoms with Gasteiger partial charge in [-0.2, -0.15) is 0 Å². The third-order valence-electron chi connectivity index (χ3n) is 2.99. The molecule has 0 N–H and O–H groups in total. The fourth-order valence-corrected chi connectivity index (χ4v) is 3.61. The van der Waals surface area contributed by atoms with Crippen molar-refractivity contribution in [3.8, 4) is 0 Å². The van der Waals surface area contributed by atoms with Crippen molar-refractivity contribution in [2.24, 2.45) is 0 Å². The number of hydrogen-bond acceptors (Lipinski definition) is 3. The van der Waals surface area contributed by atoms with Gasteiger partial charge in [0, 0.05) is 26.7 Å². The Balaban J connectivity index is 1.86. The van der Waals surface area contributed by atoms with Gasteiger partial charge in [0.2, 0.25) is 5.91 Å². The van der Waals surface area contributed by atoms with E-state index in [1.807, 2.05) is 7.05 Å². The summed E-state index contributed by atoms with van der Waals surface area (Å²) in [5, 5.41) is 0.0723. The van der Waals surface area contributed by atoms with Crippen molar-refractivity contribution < 1.29 is 4.79 Å². The molecule has 2 aliphatic heterocycles. The summed E-state index contributed by atoms with van der Waals surface area (Å²) in [6, 6.07) is 0. The Morgan fingerprint density at radius 1 is 1.40 bits per heavy atom. The molecule has 2 aliphatic rings. The monoisotopic (exact) mass is 244 g/mol. The van der Waals surface area contributed by atoms with Crippen LogP contribution in [0.1, 0.15) is 19.3 Å². The largest absolute Gasteiger partial charge is 0.358 e. The zero-order chi connectivity index (χ0) is 10.8. The van der Waals surface area contributed by atoms with Crippen LogP contribution in [0, 0.1) is 0 Å². The van der Waals surface area contributed by atoms with Crippen LogP contribution in [-0.2, 0) is 4.79 Å². The average Bonchev–Trinajstić information content (AvgIpc) is 2.83. The molecule has 2 heterocycles. The second-order valence-electron chi connectivity index (χ2n) is 4.12. The van der Waals surface area contributed by atoms with E-state index in [0.29, 0.717) is 0 Å². The van der Waals surface area contributed by atoms with Gasteiger partial charge in [-0.05, 0) is 19.3 Å². The number of hydrogen-bond donors (Lipinski definition) is 0. The van der Waals surface area contributed by atoms with E-state index in [1.54, 1.807) is 16.7 Å². The molecule has 1 unspecified atom stereocenters. The van der Waals surface area contributed by atoms with E-state index >= 15 is 0 Å². The lowest BCUT2D eigenvalue weighted by atomic mass is 10.4. The van der Waals surface area contributed by atoms with Crippen molar-refractivity contribution in [1.29, 1.82) is 0 Å². The molecule has 15 heavy (non-hydrogen) atoms. The predicted molar refractivity (Wildman–Crippen MR) is 67.0 cm³/mol. The Labute approximate surface area is 100 Å². The van der Waals surface area contributed by atoms with Crippen molar-refractivity contribution in [2.45, 2.75) is 24.5 Å². The summed E-state index contributed by atoms with van der Waals surface area (Å²) >= 11 is 6.94. The molecule has 2 rings (SSSR count). The van der Waals surface area contributed by atoms with Gasteiger partial charge in [-0.1, -0.05) is 24.0 Å². The third-order valence-corrected chi connectivity index (χ3v) is 4.71. The Kier molecular flexibility index (Phi) is 3.51. The number of amides is 1. The average molecular weight is 244 g/mol. The molecule has 0 aliphatic carbocycles. The van der Waals surface area contributed by atoms with E-state index in [1.165, 1.54) is 12.8 Å². The first-order chi connectivity index (χ1) is 7.18. The summed E-state index contributed by atoms with van der Waals surface area (Å²) in [5.41, 5.74) is 0. The molecule has 0 bridgehead atoms. The summed E-state index contributed by atoms with van der Waals surface area (Å²) < 4.78 is 0.918. The quantitative estimate of drug-likeness (QED) is 0.649. The molecular weight excluding hydrogens is 228 g/mol. The molecule has 0 spiro atoms. The lowest BCUT2D eigenvalue weighted by molar-refractivity contribution is -0.126. The van der Waals surface area contributed by atoms with Crippen molar-refractivity contribution >= 4 is 34.2 Å². The highest BCUT2D eigenvalue weighted by Crippen LogP contribution is 2.27. The van der Waals surface area contributed by atoms with Gasteiger partial charge in [0.05, 0.1) is 5.25 Å². The zero-order valence-corrected chi connectivity index (χ0v) is 10.6. The smallest absolute Gasteiger partial charge is 0.235 e. The fourth-order valence-electron chi connectivity index (χ4n) is 2.00. The highest BCUT2D eigenvalue weighted by molar-refractivity contribution is 8.23. The topological polar surface area (TPSA) is 23.6 Å². The van der Waals surface area contributed by atoms with Crippen LogP contribution in [0.25, 0.3) is 0 Å². The summed E-state index contributed by atoms with van der Waals surface area (Å²) in [6.07, 6.45) is 3.41. The highest BCUT2D eigenvalue weighted by atomic mass is 32.2. The number of thioether (sulfide) groups is 1. The molecule has 5 heteroatoms. The van der Waals surface area contributed by atoms with Gasteiger partial charge in [0.1, 0.15) is 4.32 Å². The van der Waals surface area contributed by atoms with Gasteiger partial charge in [0.25, 0.3) is 0 Å². The van der Waals surface area contributed by atoms with Crippen molar-refractivity contribution in [2.75, 3.05) is 26.7 Å². The van der Waals surface area contributed by atoms with Gasteiger partial charge in [0.15, 0.2) is 0 Å². The Morgan fingerprint density at radius 3 is 2.60 bits per heavy atom. The SMILES string of the molecule is CN1CCC(SC(=S)N2CCCC2)C1=O. The van der Waals surface area contributed by atoms with Gasteiger partial charge in [-0.25, -0.2) is 0 Å². The minimum Gasteiger partial charge on any atom is -0.358 e. The number of carbonyl (C=O) groups is 1. The molecule has 0 saturated carbocycles. The summed E-state index contributed by atoms with van der Waals surface area (Å²) in [5.74, 6) is 0.238. The molecule has 1 amide bonds. The van der Waals surface area contributed by atoms with Crippen molar-refractivity contribution in [3.63, 3.8) is 0 Å². The van der Waals surface area contributed by atoms with E-state index < -0.39 is 0 Å². The summed E-state index contributed by atoms with van der Waals surface area (Å²) in [7, 11) is 1.86. The highest BCUT2D eigenvalue weighted by Gasteiger charge is 2.31. The second-order valence-corrected chi connectivity index (χ2v) is 5.95. The van der Waals surface area contributed by atoms with Crippen LogP contribution in [0.15, 0.2) is 0 Å². The molecule has 2 saturated heterocycles. The minimum absolute atomic E-state index is 0.0723. The van der Waals surface area contributed by atoms with Crippen molar-refractivity contribution in [1.82, 2.24) is 9.80 Å². The van der Waals surface area contributed by atoms with Gasteiger partial charge < -0.3 is 9.80 Å². The lowest BCUT2D eigenvalue weighted by Crippen LogP contribution is -2.29. The van der Waals surface area contributed by atoms with Crippen LogP contribution in [0.5, 0.6) is 0 Å². The Bertz CT molecular complexity index is 277. The standard InChI is InChI=1S/C10H16N2OS2/c1-11-7-4-8(9(11)13)15-10(14)12-5-2-3-6-12/h8H,2-7H2,1H3. The first-order valence-corrected chi connectivity index (χ1v) is 6.68.